The Labute approximate surface area is 226 Å². The van der Waals surface area contributed by atoms with E-state index in [1.165, 1.54) is 0 Å². The van der Waals surface area contributed by atoms with E-state index in [-0.39, 0.29) is 18.8 Å². The molecular formula is C27H32ClN5O5. The molecule has 1 saturated heterocycles. The molecule has 3 aromatic rings. The molecule has 0 atom stereocenters. The molecule has 1 aromatic heterocycles. The van der Waals surface area contributed by atoms with Gasteiger partial charge in [0.2, 0.25) is 0 Å². The third-order valence-corrected chi connectivity index (χ3v) is 6.63. The maximum atomic E-state index is 12.0. The Morgan fingerprint density at radius 3 is 2.68 bits per heavy atom. The number of hydrogen-bond donors (Lipinski definition) is 3. The van der Waals surface area contributed by atoms with E-state index in [0.717, 1.165) is 57.5 Å². The third kappa shape index (κ3) is 6.96. The van der Waals surface area contributed by atoms with Crippen molar-refractivity contribution in [3.8, 4) is 23.0 Å². The van der Waals surface area contributed by atoms with Crippen LogP contribution in [0.15, 0.2) is 42.6 Å². The number of pyridine rings is 1. The van der Waals surface area contributed by atoms with Gasteiger partial charge >= 0.3 is 6.03 Å². The number of halogens is 1. The molecule has 0 bridgehead atoms. The number of amides is 2. The minimum Gasteiger partial charge on any atom is -0.490 e. The number of anilines is 1. The first-order chi connectivity index (χ1) is 18.6. The highest BCUT2D eigenvalue weighted by Gasteiger charge is 2.23. The number of aromatic nitrogens is 1. The van der Waals surface area contributed by atoms with Crippen LogP contribution in [0.5, 0.6) is 23.0 Å². The number of ether oxygens (including phenoxy) is 4. The SMILES string of the molecule is NCOc1cc2c(Oc3ccc(NC(=O)NC4CC4)c(Cl)c3)ccnc2cc1OCCCN1CCOCC1. The van der Waals surface area contributed by atoms with Crippen LogP contribution in [-0.4, -0.2) is 68.1 Å². The summed E-state index contributed by atoms with van der Waals surface area (Å²) in [5.74, 6) is 2.18. The van der Waals surface area contributed by atoms with Gasteiger partial charge in [0.25, 0.3) is 0 Å². The number of carbonyl (C=O) groups is 1. The minimum absolute atomic E-state index is 0.00446. The van der Waals surface area contributed by atoms with Gasteiger partial charge in [-0.25, -0.2) is 4.79 Å². The van der Waals surface area contributed by atoms with Gasteiger partial charge in [-0.3, -0.25) is 15.6 Å². The molecule has 0 spiro atoms. The van der Waals surface area contributed by atoms with Gasteiger partial charge < -0.3 is 29.6 Å². The van der Waals surface area contributed by atoms with Crippen molar-refractivity contribution in [1.82, 2.24) is 15.2 Å². The summed E-state index contributed by atoms with van der Waals surface area (Å²) in [5, 5.41) is 6.74. The minimum atomic E-state index is -0.269. The molecule has 2 aromatic carbocycles. The summed E-state index contributed by atoms with van der Waals surface area (Å²) >= 11 is 6.41. The molecule has 5 rings (SSSR count). The number of nitrogens with two attached hydrogens (primary N) is 1. The van der Waals surface area contributed by atoms with Gasteiger partial charge in [-0.05, 0) is 43.5 Å². The fourth-order valence-corrected chi connectivity index (χ4v) is 4.40. The van der Waals surface area contributed by atoms with Gasteiger partial charge in [0.15, 0.2) is 11.5 Å². The van der Waals surface area contributed by atoms with Gasteiger partial charge in [-0.2, -0.15) is 0 Å². The molecule has 2 fully saturated rings. The van der Waals surface area contributed by atoms with Crippen LogP contribution < -0.4 is 30.6 Å². The number of carbonyl (C=O) groups excluding carboxylic acids is 1. The lowest BCUT2D eigenvalue weighted by atomic mass is 10.1. The normalized spacial score (nSPS) is 15.7. The highest BCUT2D eigenvalue weighted by molar-refractivity contribution is 6.33. The van der Waals surface area contributed by atoms with Crippen LogP contribution in [0, 0.1) is 0 Å². The van der Waals surface area contributed by atoms with Crippen LogP contribution in [0.4, 0.5) is 10.5 Å². The van der Waals surface area contributed by atoms with Crippen molar-refractivity contribution in [3.05, 3.63) is 47.6 Å². The zero-order valence-electron chi connectivity index (χ0n) is 21.1. The van der Waals surface area contributed by atoms with Gasteiger partial charge in [0.1, 0.15) is 18.2 Å². The maximum Gasteiger partial charge on any atom is 0.319 e. The molecule has 0 unspecified atom stereocenters. The molecule has 1 aliphatic heterocycles. The van der Waals surface area contributed by atoms with Crippen LogP contribution in [0.3, 0.4) is 0 Å². The molecule has 202 valence electrons. The number of nitrogens with one attached hydrogen (secondary N) is 2. The molecule has 2 aliphatic rings. The summed E-state index contributed by atoms with van der Waals surface area (Å²) < 4.78 is 23.3. The molecule has 1 saturated carbocycles. The number of fused-ring (bicyclic) bond motifs is 1. The van der Waals surface area contributed by atoms with Crippen molar-refractivity contribution < 1.29 is 23.7 Å². The number of nitrogens with zero attached hydrogens (tertiary/aromatic N) is 2. The number of benzene rings is 2. The summed E-state index contributed by atoms with van der Waals surface area (Å²) in [6, 6.07) is 10.5. The van der Waals surface area contributed by atoms with Crippen LogP contribution in [-0.2, 0) is 4.74 Å². The van der Waals surface area contributed by atoms with E-state index in [0.29, 0.717) is 45.8 Å². The van der Waals surface area contributed by atoms with E-state index in [1.54, 1.807) is 30.5 Å². The van der Waals surface area contributed by atoms with Crippen molar-refractivity contribution in [2.75, 3.05) is 51.5 Å². The van der Waals surface area contributed by atoms with Crippen molar-refractivity contribution in [2.24, 2.45) is 5.73 Å². The predicted octanol–water partition coefficient (Wildman–Crippen LogP) is 4.36. The van der Waals surface area contributed by atoms with Crippen molar-refractivity contribution in [3.63, 3.8) is 0 Å². The van der Waals surface area contributed by atoms with Gasteiger partial charge in [-0.1, -0.05) is 11.6 Å². The standard InChI is InChI=1S/C27H32ClN5O5/c28-21-14-19(4-5-22(21)32-27(34)31-18-2-3-18)38-24-6-7-30-23-16-26(25(37-17-29)15-20(23)24)36-11-1-8-33-9-12-35-13-10-33/h4-7,14-16,18H,1-3,8-13,17,29H2,(H2,31,32,34). The Balaban J connectivity index is 1.27. The average Bonchev–Trinajstić information content (AvgIpc) is 3.73. The monoisotopic (exact) mass is 541 g/mol. The van der Waals surface area contributed by atoms with Crippen LogP contribution in [0.2, 0.25) is 5.02 Å². The molecule has 0 radical (unpaired) electrons. The van der Waals surface area contributed by atoms with E-state index in [2.05, 4.69) is 20.5 Å². The lowest BCUT2D eigenvalue weighted by molar-refractivity contribution is 0.0357. The van der Waals surface area contributed by atoms with E-state index in [9.17, 15) is 4.79 Å². The van der Waals surface area contributed by atoms with E-state index in [4.69, 9.17) is 36.3 Å². The first-order valence-corrected chi connectivity index (χ1v) is 13.2. The summed E-state index contributed by atoms with van der Waals surface area (Å²) in [7, 11) is 0. The van der Waals surface area contributed by atoms with Crippen LogP contribution >= 0.6 is 11.6 Å². The number of hydrogen-bond acceptors (Lipinski definition) is 8. The average molecular weight is 542 g/mol. The van der Waals surface area contributed by atoms with Crippen LogP contribution in [0.1, 0.15) is 19.3 Å². The zero-order valence-corrected chi connectivity index (χ0v) is 21.8. The molecule has 4 N–H and O–H groups in total. The third-order valence-electron chi connectivity index (χ3n) is 6.31. The Bertz CT molecular complexity index is 1270. The summed E-state index contributed by atoms with van der Waals surface area (Å²) in [5.41, 5.74) is 6.89. The van der Waals surface area contributed by atoms with Crippen molar-refractivity contribution in [2.45, 2.75) is 25.3 Å². The highest BCUT2D eigenvalue weighted by atomic mass is 35.5. The van der Waals surface area contributed by atoms with Crippen LogP contribution in [0.25, 0.3) is 10.9 Å². The smallest absolute Gasteiger partial charge is 0.319 e. The van der Waals surface area contributed by atoms with Crippen molar-refractivity contribution >= 4 is 34.2 Å². The Morgan fingerprint density at radius 1 is 1.11 bits per heavy atom. The number of urea groups is 1. The molecule has 10 nitrogen and oxygen atoms in total. The van der Waals surface area contributed by atoms with Gasteiger partial charge in [0, 0.05) is 49.4 Å². The predicted molar refractivity (Wildman–Crippen MR) is 145 cm³/mol. The zero-order chi connectivity index (χ0) is 26.3. The quantitative estimate of drug-likeness (QED) is 0.242. The summed E-state index contributed by atoms with van der Waals surface area (Å²) in [6.45, 7) is 4.95. The molecular weight excluding hydrogens is 510 g/mol. The number of morpholine rings is 1. The van der Waals surface area contributed by atoms with E-state index >= 15 is 0 Å². The molecule has 2 heterocycles. The fraction of sp³-hybridized carbons (Fsp3) is 0.407. The first kappa shape index (κ1) is 26.3. The topological polar surface area (TPSA) is 120 Å². The lowest BCUT2D eigenvalue weighted by Crippen LogP contribution is -2.37. The fourth-order valence-electron chi connectivity index (χ4n) is 4.19. The van der Waals surface area contributed by atoms with Gasteiger partial charge in [-0.15, -0.1) is 0 Å². The largest absolute Gasteiger partial charge is 0.490 e. The Hall–Kier alpha value is -3.31. The second-order valence-corrected chi connectivity index (χ2v) is 9.62. The molecule has 1 aliphatic carbocycles. The first-order valence-electron chi connectivity index (χ1n) is 12.8. The van der Waals surface area contributed by atoms with E-state index < -0.39 is 0 Å². The molecule has 38 heavy (non-hydrogen) atoms. The summed E-state index contributed by atoms with van der Waals surface area (Å²) in [4.78, 5) is 18.9. The Kier molecular flexibility index (Phi) is 8.65. The molecule has 2 amide bonds. The highest BCUT2D eigenvalue weighted by Crippen LogP contribution is 2.38. The lowest BCUT2D eigenvalue weighted by Gasteiger charge is -2.26. The Morgan fingerprint density at radius 2 is 1.92 bits per heavy atom. The summed E-state index contributed by atoms with van der Waals surface area (Å²) in [6.07, 6.45) is 4.57. The van der Waals surface area contributed by atoms with Crippen molar-refractivity contribution in [1.29, 1.82) is 0 Å². The molecule has 11 heteroatoms. The second-order valence-electron chi connectivity index (χ2n) is 9.21. The van der Waals surface area contributed by atoms with Gasteiger partial charge in [0.05, 0.1) is 36.0 Å². The second kappa shape index (κ2) is 12.5. The van der Waals surface area contributed by atoms with E-state index in [1.807, 2.05) is 12.1 Å². The number of rotatable bonds is 11. The maximum absolute atomic E-state index is 12.0.